The van der Waals surface area contributed by atoms with Crippen molar-refractivity contribution in [1.82, 2.24) is 9.55 Å². The minimum atomic E-state index is 0.745. The molecule has 96 valence electrons. The molecule has 0 aliphatic heterocycles. The van der Waals surface area contributed by atoms with Gasteiger partial charge in [0.15, 0.2) is 4.77 Å². The fraction of sp³-hybridized carbons (Fsp3) is 0.188. The Bertz CT molecular complexity index is 824. The number of hydrogen-bond acceptors (Lipinski definition) is 1. The predicted octanol–water partition coefficient (Wildman–Crippen LogP) is 4.61. The van der Waals surface area contributed by atoms with Crippen molar-refractivity contribution in [2.45, 2.75) is 20.8 Å². The highest BCUT2D eigenvalue weighted by Crippen LogP contribution is 2.23. The van der Waals surface area contributed by atoms with E-state index in [1.54, 1.807) is 0 Å². The number of aromatic amines is 1. The van der Waals surface area contributed by atoms with Crippen molar-refractivity contribution in [3.8, 4) is 5.69 Å². The molecule has 0 unspecified atom stereocenters. The molecule has 0 fully saturated rings. The standard InChI is InChI=1S/C16H16N2S/c1-10-5-7-14-13(8-10)17-16(19)18(14)15-9-11(2)4-6-12(15)3/h4-9H,1-3H3,(H,17,19). The third kappa shape index (κ3) is 2.00. The number of aromatic nitrogens is 2. The lowest BCUT2D eigenvalue weighted by atomic mass is 10.1. The second kappa shape index (κ2) is 4.35. The first-order valence-electron chi connectivity index (χ1n) is 6.35. The van der Waals surface area contributed by atoms with Crippen LogP contribution in [0.4, 0.5) is 0 Å². The topological polar surface area (TPSA) is 20.7 Å². The summed E-state index contributed by atoms with van der Waals surface area (Å²) in [6.45, 7) is 6.31. The number of H-pyrrole nitrogens is 1. The van der Waals surface area contributed by atoms with Crippen LogP contribution in [0.25, 0.3) is 16.7 Å². The van der Waals surface area contributed by atoms with Crippen molar-refractivity contribution in [2.24, 2.45) is 0 Å². The molecule has 2 nitrogen and oxygen atoms in total. The van der Waals surface area contributed by atoms with Crippen LogP contribution in [0, 0.1) is 25.5 Å². The van der Waals surface area contributed by atoms with Gasteiger partial charge in [-0.15, -0.1) is 0 Å². The molecule has 2 aromatic carbocycles. The maximum atomic E-state index is 5.49. The molecule has 3 rings (SSSR count). The minimum Gasteiger partial charge on any atom is -0.330 e. The summed E-state index contributed by atoms with van der Waals surface area (Å²) in [6.07, 6.45) is 0. The molecule has 1 N–H and O–H groups in total. The van der Waals surface area contributed by atoms with E-state index in [9.17, 15) is 0 Å². The molecule has 3 aromatic rings. The molecule has 3 heteroatoms. The third-order valence-electron chi connectivity index (χ3n) is 3.44. The molecule has 0 spiro atoms. The van der Waals surface area contributed by atoms with Gasteiger partial charge in [0.05, 0.1) is 16.7 Å². The number of nitrogens with one attached hydrogen (secondary N) is 1. The molecule has 19 heavy (non-hydrogen) atoms. The summed E-state index contributed by atoms with van der Waals surface area (Å²) >= 11 is 5.49. The highest BCUT2D eigenvalue weighted by Gasteiger charge is 2.08. The van der Waals surface area contributed by atoms with Gasteiger partial charge in [-0.2, -0.15) is 0 Å². The largest absolute Gasteiger partial charge is 0.330 e. The summed E-state index contributed by atoms with van der Waals surface area (Å²) < 4.78 is 2.86. The first-order valence-corrected chi connectivity index (χ1v) is 6.76. The number of fused-ring (bicyclic) bond motifs is 1. The Morgan fingerprint density at radius 1 is 0.947 bits per heavy atom. The number of aryl methyl sites for hydroxylation is 3. The second-order valence-corrected chi connectivity index (χ2v) is 5.46. The Morgan fingerprint density at radius 3 is 2.42 bits per heavy atom. The lowest BCUT2D eigenvalue weighted by Crippen LogP contribution is -1.97. The zero-order valence-corrected chi connectivity index (χ0v) is 12.1. The summed E-state index contributed by atoms with van der Waals surface area (Å²) in [5.74, 6) is 0. The Labute approximate surface area is 117 Å². The molecular formula is C16H16N2S. The van der Waals surface area contributed by atoms with Crippen LogP contribution in [0.2, 0.25) is 0 Å². The molecule has 0 saturated carbocycles. The molecule has 0 amide bonds. The van der Waals surface area contributed by atoms with Gasteiger partial charge >= 0.3 is 0 Å². The van der Waals surface area contributed by atoms with Crippen molar-refractivity contribution >= 4 is 23.3 Å². The summed E-state index contributed by atoms with van der Waals surface area (Å²) in [4.78, 5) is 3.29. The molecule has 0 saturated heterocycles. The zero-order valence-electron chi connectivity index (χ0n) is 11.3. The van der Waals surface area contributed by atoms with Crippen LogP contribution in [0.1, 0.15) is 16.7 Å². The number of benzene rings is 2. The molecule has 0 atom stereocenters. The van der Waals surface area contributed by atoms with Crippen molar-refractivity contribution in [3.63, 3.8) is 0 Å². The van der Waals surface area contributed by atoms with Crippen LogP contribution >= 0.6 is 12.2 Å². The quantitative estimate of drug-likeness (QED) is 0.639. The van der Waals surface area contributed by atoms with Crippen molar-refractivity contribution in [2.75, 3.05) is 0 Å². The molecule has 1 heterocycles. The van der Waals surface area contributed by atoms with Crippen LogP contribution in [-0.4, -0.2) is 9.55 Å². The maximum absolute atomic E-state index is 5.49. The zero-order chi connectivity index (χ0) is 13.6. The number of nitrogens with zero attached hydrogens (tertiary/aromatic N) is 1. The molecule has 0 bridgehead atoms. The van der Waals surface area contributed by atoms with Crippen molar-refractivity contribution in [3.05, 3.63) is 57.9 Å². The van der Waals surface area contributed by atoms with E-state index in [1.807, 2.05) is 0 Å². The van der Waals surface area contributed by atoms with E-state index < -0.39 is 0 Å². The maximum Gasteiger partial charge on any atom is 0.182 e. The number of imidazole rings is 1. The highest BCUT2D eigenvalue weighted by molar-refractivity contribution is 7.71. The van der Waals surface area contributed by atoms with Crippen LogP contribution in [0.3, 0.4) is 0 Å². The number of hydrogen-bond donors (Lipinski definition) is 1. The van der Waals surface area contributed by atoms with E-state index >= 15 is 0 Å². The fourth-order valence-electron chi connectivity index (χ4n) is 2.42. The lowest BCUT2D eigenvalue weighted by molar-refractivity contribution is 1.04. The van der Waals surface area contributed by atoms with Gasteiger partial charge in [-0.25, -0.2) is 0 Å². The van der Waals surface area contributed by atoms with Crippen LogP contribution in [0.5, 0.6) is 0 Å². The van der Waals surface area contributed by atoms with Crippen LogP contribution in [0.15, 0.2) is 36.4 Å². The van der Waals surface area contributed by atoms with Crippen molar-refractivity contribution in [1.29, 1.82) is 0 Å². The van der Waals surface area contributed by atoms with Gasteiger partial charge in [0.2, 0.25) is 0 Å². The highest BCUT2D eigenvalue weighted by atomic mass is 32.1. The van der Waals surface area contributed by atoms with Gasteiger partial charge in [-0.1, -0.05) is 18.2 Å². The van der Waals surface area contributed by atoms with Gasteiger partial charge < -0.3 is 4.98 Å². The summed E-state index contributed by atoms with van der Waals surface area (Å²) in [5, 5.41) is 0. The van der Waals surface area contributed by atoms with Crippen LogP contribution in [-0.2, 0) is 0 Å². The van der Waals surface area contributed by atoms with E-state index in [-0.39, 0.29) is 0 Å². The minimum absolute atomic E-state index is 0.745. The second-order valence-electron chi connectivity index (χ2n) is 5.08. The number of rotatable bonds is 1. The van der Waals surface area contributed by atoms with E-state index in [0.717, 1.165) is 21.5 Å². The first-order chi connectivity index (χ1) is 9.06. The molecule has 0 aliphatic rings. The van der Waals surface area contributed by atoms with Gasteiger partial charge in [0.1, 0.15) is 0 Å². The van der Waals surface area contributed by atoms with E-state index in [0.29, 0.717) is 0 Å². The Morgan fingerprint density at radius 2 is 1.63 bits per heavy atom. The summed E-state index contributed by atoms with van der Waals surface area (Å²) in [5.41, 5.74) is 7.07. The molecule has 0 radical (unpaired) electrons. The lowest BCUT2D eigenvalue weighted by Gasteiger charge is -2.09. The van der Waals surface area contributed by atoms with Gasteiger partial charge in [0.25, 0.3) is 0 Å². The first kappa shape index (κ1) is 12.2. The van der Waals surface area contributed by atoms with Crippen molar-refractivity contribution < 1.29 is 0 Å². The predicted molar refractivity (Wildman–Crippen MR) is 82.7 cm³/mol. The smallest absolute Gasteiger partial charge is 0.182 e. The Kier molecular flexibility index (Phi) is 2.79. The van der Waals surface area contributed by atoms with Gasteiger partial charge in [0, 0.05) is 0 Å². The summed E-state index contributed by atoms with van der Waals surface area (Å²) in [7, 11) is 0. The SMILES string of the molecule is Cc1ccc(C)c(-n2c(=S)[nH]c3cc(C)ccc32)c1. The normalized spacial score (nSPS) is 11.1. The van der Waals surface area contributed by atoms with Gasteiger partial charge in [-0.05, 0) is 67.9 Å². The molecule has 0 aliphatic carbocycles. The third-order valence-corrected chi connectivity index (χ3v) is 3.73. The van der Waals surface area contributed by atoms with Crippen LogP contribution < -0.4 is 0 Å². The van der Waals surface area contributed by atoms with Gasteiger partial charge in [-0.3, -0.25) is 4.57 Å². The molecule has 1 aromatic heterocycles. The van der Waals surface area contributed by atoms with E-state index in [4.69, 9.17) is 12.2 Å². The summed E-state index contributed by atoms with van der Waals surface area (Å²) in [6, 6.07) is 12.8. The van der Waals surface area contributed by atoms with E-state index in [2.05, 4.69) is 66.7 Å². The Hall–Kier alpha value is -1.87. The average Bonchev–Trinajstić information content (AvgIpc) is 2.67. The Balaban J connectivity index is 2.39. The fourth-order valence-corrected chi connectivity index (χ4v) is 2.73. The monoisotopic (exact) mass is 268 g/mol. The molecular weight excluding hydrogens is 252 g/mol. The van der Waals surface area contributed by atoms with E-state index in [1.165, 1.54) is 16.7 Å². The average molecular weight is 268 g/mol.